The molecule has 0 aromatic heterocycles. The van der Waals surface area contributed by atoms with Crippen LogP contribution < -0.4 is 0 Å². The second-order valence-corrected chi connectivity index (χ2v) is 11.8. The van der Waals surface area contributed by atoms with Gasteiger partial charge < -0.3 is 4.74 Å². The van der Waals surface area contributed by atoms with E-state index in [9.17, 15) is 14.4 Å². The Bertz CT molecular complexity index is 1130. The predicted octanol–water partition coefficient (Wildman–Crippen LogP) is 9.34. The minimum Gasteiger partial charge on any atom is -0.388 e. The number of rotatable bonds is 11. The van der Waals surface area contributed by atoms with Crippen molar-refractivity contribution in [2.45, 2.75) is 113 Å². The summed E-state index contributed by atoms with van der Waals surface area (Å²) in [5.74, 6) is 0.589. The molecule has 1 aliphatic rings. The summed E-state index contributed by atoms with van der Waals surface area (Å²) in [5, 5.41) is 0. The maximum atomic E-state index is 13.5. The Morgan fingerprint density at radius 3 is 2.12 bits per heavy atom. The molecule has 2 aromatic carbocycles. The van der Waals surface area contributed by atoms with E-state index >= 15 is 0 Å². The molecule has 3 atom stereocenters. The van der Waals surface area contributed by atoms with Gasteiger partial charge in [-0.3, -0.25) is 14.4 Å². The third-order valence-corrected chi connectivity index (χ3v) is 7.84. The van der Waals surface area contributed by atoms with E-state index in [4.69, 9.17) is 0 Å². The molecule has 0 aliphatic heterocycles. The van der Waals surface area contributed by atoms with E-state index in [-0.39, 0.29) is 41.5 Å². The van der Waals surface area contributed by atoms with Crippen molar-refractivity contribution >= 4 is 17.3 Å². The average molecular weight is 565 g/mol. The third-order valence-electron chi connectivity index (χ3n) is 7.84. The van der Waals surface area contributed by atoms with Gasteiger partial charge >= 0.3 is 0 Å². The topological polar surface area (TPSA) is 60.4 Å². The van der Waals surface area contributed by atoms with Gasteiger partial charge in [0.2, 0.25) is 0 Å². The highest BCUT2D eigenvalue weighted by Gasteiger charge is 2.34. The molecule has 0 heterocycles. The first-order valence-corrected chi connectivity index (χ1v) is 15.7. The van der Waals surface area contributed by atoms with Gasteiger partial charge in [-0.05, 0) is 86.1 Å². The van der Waals surface area contributed by atoms with Crippen molar-refractivity contribution in [1.29, 1.82) is 0 Å². The van der Waals surface area contributed by atoms with Gasteiger partial charge in [0.25, 0.3) is 0 Å². The van der Waals surface area contributed by atoms with Crippen molar-refractivity contribution in [1.82, 2.24) is 0 Å². The highest BCUT2D eigenvalue weighted by molar-refractivity contribution is 6.02. The molecule has 4 heteroatoms. The number of carbonyl (C=O) groups excluding carboxylic acids is 3. The normalized spacial score (nSPS) is 15.5. The molecule has 41 heavy (non-hydrogen) atoms. The summed E-state index contributed by atoms with van der Waals surface area (Å²) in [6.07, 6.45) is 7.21. The second-order valence-electron chi connectivity index (χ2n) is 11.8. The Kier molecular flexibility index (Phi) is 16.7. The fraction of sp³-hybridized carbons (Fsp3) is 0.595. The Balaban J connectivity index is 0.00000129. The smallest absolute Gasteiger partial charge is 0.163 e. The van der Waals surface area contributed by atoms with E-state index < -0.39 is 0 Å². The van der Waals surface area contributed by atoms with Gasteiger partial charge in [0.05, 0.1) is 6.42 Å². The molecule has 3 unspecified atom stereocenters. The molecular weight excluding hydrogens is 508 g/mol. The summed E-state index contributed by atoms with van der Waals surface area (Å²) in [4.78, 5) is 38.0. The number of ether oxygens (including phenoxy) is 1. The van der Waals surface area contributed by atoms with Gasteiger partial charge in [-0.15, -0.1) is 0 Å². The molecule has 228 valence electrons. The molecule has 1 aliphatic carbocycles. The zero-order valence-corrected chi connectivity index (χ0v) is 27.6. The fourth-order valence-corrected chi connectivity index (χ4v) is 6.24. The second kappa shape index (κ2) is 18.8. The molecule has 0 bridgehead atoms. The monoisotopic (exact) mass is 564 g/mol. The maximum Gasteiger partial charge on any atom is 0.163 e. The van der Waals surface area contributed by atoms with Crippen LogP contribution in [0.4, 0.5) is 0 Å². The average Bonchev–Trinajstić information content (AvgIpc) is 2.89. The van der Waals surface area contributed by atoms with E-state index in [2.05, 4.69) is 76.6 Å². The zero-order valence-electron chi connectivity index (χ0n) is 27.6. The number of Topliss-reactive ketones (excluding diaryl/α,β-unsaturated/α-hetero) is 3. The number of ketones is 3. The molecule has 0 radical (unpaired) electrons. The van der Waals surface area contributed by atoms with Gasteiger partial charge in [-0.2, -0.15) is 0 Å². The summed E-state index contributed by atoms with van der Waals surface area (Å²) in [6, 6.07) is 10.9. The van der Waals surface area contributed by atoms with Crippen LogP contribution >= 0.6 is 0 Å². The lowest BCUT2D eigenvalue weighted by molar-refractivity contribution is -0.129. The van der Waals surface area contributed by atoms with Crippen LogP contribution in [0.3, 0.4) is 0 Å². The van der Waals surface area contributed by atoms with Crippen molar-refractivity contribution in [3.05, 3.63) is 58.1 Å². The summed E-state index contributed by atoms with van der Waals surface area (Å²) in [7, 11) is 3.25. The number of benzene rings is 2. The van der Waals surface area contributed by atoms with Crippen molar-refractivity contribution in [3.63, 3.8) is 0 Å². The zero-order chi connectivity index (χ0) is 31.1. The van der Waals surface area contributed by atoms with Crippen LogP contribution in [0.2, 0.25) is 0 Å². The van der Waals surface area contributed by atoms with Gasteiger partial charge in [-0.25, -0.2) is 0 Å². The Morgan fingerprint density at radius 2 is 1.59 bits per heavy atom. The SMILES string of the molecule is CCC.CCCC(CC1CC(=O)c2c(C)ccc(-c3cc(C)ccc3CC)c2C1)C(CC)C(=O)CC(C)=O.COC. The van der Waals surface area contributed by atoms with Crippen LogP contribution in [-0.2, 0) is 27.2 Å². The van der Waals surface area contributed by atoms with Gasteiger partial charge in [0, 0.05) is 32.1 Å². The predicted molar refractivity (Wildman–Crippen MR) is 173 cm³/mol. The number of methoxy groups -OCH3 is 1. The lowest BCUT2D eigenvalue weighted by Gasteiger charge is -2.32. The number of hydrogen-bond acceptors (Lipinski definition) is 4. The van der Waals surface area contributed by atoms with E-state index in [1.54, 1.807) is 14.2 Å². The fourth-order valence-electron chi connectivity index (χ4n) is 6.24. The van der Waals surface area contributed by atoms with Crippen LogP contribution in [-0.4, -0.2) is 31.6 Å². The van der Waals surface area contributed by atoms with E-state index in [1.807, 2.05) is 6.92 Å². The van der Waals surface area contributed by atoms with Crippen molar-refractivity contribution in [2.75, 3.05) is 14.2 Å². The summed E-state index contributed by atoms with van der Waals surface area (Å²) < 4.78 is 4.25. The Hall–Kier alpha value is -2.59. The maximum absolute atomic E-state index is 13.5. The number of aryl methyl sites for hydroxylation is 3. The first-order chi connectivity index (χ1) is 19.5. The van der Waals surface area contributed by atoms with Gasteiger partial charge in [0.1, 0.15) is 11.6 Å². The molecule has 0 saturated heterocycles. The largest absolute Gasteiger partial charge is 0.388 e. The minimum atomic E-state index is -0.101. The van der Waals surface area contributed by atoms with Crippen LogP contribution in [0.5, 0.6) is 0 Å². The van der Waals surface area contributed by atoms with Crippen LogP contribution in [0.25, 0.3) is 11.1 Å². The quantitative estimate of drug-likeness (QED) is 0.255. The van der Waals surface area contributed by atoms with E-state index in [1.165, 1.54) is 41.2 Å². The minimum absolute atomic E-state index is 0.0294. The summed E-state index contributed by atoms with van der Waals surface area (Å²) in [6.45, 7) is 16.3. The number of carbonyl (C=O) groups is 3. The van der Waals surface area contributed by atoms with E-state index in [0.717, 1.165) is 49.7 Å². The molecular formula is C37H56O4. The first-order valence-electron chi connectivity index (χ1n) is 15.7. The molecule has 4 nitrogen and oxygen atoms in total. The first kappa shape index (κ1) is 36.4. The molecule has 0 N–H and O–H groups in total. The highest BCUT2D eigenvalue weighted by atomic mass is 16.4. The number of hydrogen-bond donors (Lipinski definition) is 0. The molecule has 0 amide bonds. The molecule has 0 saturated carbocycles. The number of fused-ring (bicyclic) bond motifs is 1. The van der Waals surface area contributed by atoms with Crippen molar-refractivity contribution < 1.29 is 19.1 Å². The highest BCUT2D eigenvalue weighted by Crippen LogP contribution is 2.41. The summed E-state index contributed by atoms with van der Waals surface area (Å²) >= 11 is 0. The lowest BCUT2D eigenvalue weighted by atomic mass is 9.71. The standard InChI is InChI=1S/C32H42O3.C3H8.C2H6O/c1-7-10-25(26(9-3)30(34)16-22(6)33)17-23-18-29-27(14-12-21(5)32(29)31(35)19-23)28-15-20(4)11-13-24(28)8-2;2*1-3-2/h11-15,23,25-26H,7-10,16-19H2,1-6H3;3H2,1-2H3;1-2H3. The van der Waals surface area contributed by atoms with Gasteiger partial charge in [0.15, 0.2) is 5.78 Å². The van der Waals surface area contributed by atoms with Crippen LogP contribution in [0.1, 0.15) is 119 Å². The molecule has 3 rings (SSSR count). The Labute approximate surface area is 250 Å². The van der Waals surface area contributed by atoms with Crippen molar-refractivity contribution in [3.8, 4) is 11.1 Å². The van der Waals surface area contributed by atoms with E-state index in [0.29, 0.717) is 6.42 Å². The van der Waals surface area contributed by atoms with Gasteiger partial charge in [-0.1, -0.05) is 89.8 Å². The van der Waals surface area contributed by atoms with Crippen molar-refractivity contribution in [2.24, 2.45) is 17.8 Å². The molecule has 0 fully saturated rings. The lowest BCUT2D eigenvalue weighted by Crippen LogP contribution is -2.30. The van der Waals surface area contributed by atoms with Crippen LogP contribution in [0, 0.1) is 31.6 Å². The van der Waals surface area contributed by atoms with Crippen LogP contribution in [0.15, 0.2) is 30.3 Å². The Morgan fingerprint density at radius 1 is 0.951 bits per heavy atom. The third kappa shape index (κ3) is 10.6. The summed E-state index contributed by atoms with van der Waals surface area (Å²) in [5.41, 5.74) is 8.12. The molecule has 0 spiro atoms. The molecule has 2 aromatic rings.